The third kappa shape index (κ3) is 3.80. The van der Waals surface area contributed by atoms with Crippen LogP contribution in [0.1, 0.15) is 36.2 Å². The number of fused-ring (bicyclic) bond motifs is 1. The molecule has 2 aliphatic rings. The number of furan rings is 1. The number of urea groups is 1. The summed E-state index contributed by atoms with van der Waals surface area (Å²) >= 11 is 0. The van der Waals surface area contributed by atoms with Gasteiger partial charge in [0.15, 0.2) is 5.76 Å². The van der Waals surface area contributed by atoms with Gasteiger partial charge in [0, 0.05) is 24.7 Å². The zero-order valence-electron chi connectivity index (χ0n) is 15.9. The van der Waals surface area contributed by atoms with Crippen LogP contribution in [-0.2, 0) is 4.79 Å². The lowest BCUT2D eigenvalue weighted by atomic mass is 10.1. The Morgan fingerprint density at radius 1 is 1.14 bits per heavy atom. The first-order valence-corrected chi connectivity index (χ1v) is 9.73. The Morgan fingerprint density at radius 3 is 2.69 bits per heavy atom. The maximum absolute atomic E-state index is 13.2. The van der Waals surface area contributed by atoms with Gasteiger partial charge in [-0.1, -0.05) is 18.2 Å². The summed E-state index contributed by atoms with van der Waals surface area (Å²) in [7, 11) is 0. The fourth-order valence-corrected chi connectivity index (χ4v) is 4.09. The molecule has 1 aromatic heterocycles. The first-order valence-electron chi connectivity index (χ1n) is 9.73. The Labute approximate surface area is 167 Å². The second-order valence-corrected chi connectivity index (χ2v) is 7.30. The Kier molecular flexibility index (Phi) is 5.20. The van der Waals surface area contributed by atoms with E-state index in [4.69, 9.17) is 10.2 Å². The molecule has 4 rings (SSSR count). The molecule has 1 aromatic carbocycles. The molecule has 152 valence electrons. The van der Waals surface area contributed by atoms with E-state index < -0.39 is 12.1 Å². The van der Waals surface area contributed by atoms with Gasteiger partial charge in [-0.05, 0) is 37.8 Å². The summed E-state index contributed by atoms with van der Waals surface area (Å²) in [6.07, 6.45) is 4.49. The Bertz CT molecular complexity index is 936. The molecule has 2 saturated heterocycles. The Balaban J connectivity index is 1.49. The van der Waals surface area contributed by atoms with Crippen molar-refractivity contribution in [3.8, 4) is 0 Å². The van der Waals surface area contributed by atoms with E-state index in [1.54, 1.807) is 15.9 Å². The van der Waals surface area contributed by atoms with Crippen LogP contribution < -0.4 is 11.2 Å². The quantitative estimate of drug-likeness (QED) is 0.602. The van der Waals surface area contributed by atoms with E-state index >= 15 is 0 Å². The zero-order chi connectivity index (χ0) is 20.4. The molecular formula is C20H23N5O4. The predicted molar refractivity (Wildman–Crippen MR) is 106 cm³/mol. The Hall–Kier alpha value is -3.36. The first kappa shape index (κ1) is 19.0. The number of para-hydroxylation sites is 1. The summed E-state index contributed by atoms with van der Waals surface area (Å²) in [4.78, 5) is 40.4. The second kappa shape index (κ2) is 7.94. The fraction of sp³-hybridized carbons (Fsp3) is 0.400. The normalized spacial score (nSPS) is 21.9. The van der Waals surface area contributed by atoms with Gasteiger partial charge in [0.1, 0.15) is 11.6 Å². The molecule has 2 aliphatic heterocycles. The molecule has 0 saturated carbocycles. The van der Waals surface area contributed by atoms with Gasteiger partial charge in [-0.15, -0.1) is 0 Å². The van der Waals surface area contributed by atoms with Crippen molar-refractivity contribution in [3.63, 3.8) is 0 Å². The molecule has 2 fully saturated rings. The van der Waals surface area contributed by atoms with Crippen LogP contribution in [0, 0.1) is 0 Å². The van der Waals surface area contributed by atoms with Crippen molar-refractivity contribution in [2.45, 2.75) is 37.8 Å². The van der Waals surface area contributed by atoms with E-state index in [-0.39, 0.29) is 23.6 Å². The monoisotopic (exact) mass is 397 g/mol. The van der Waals surface area contributed by atoms with Crippen molar-refractivity contribution in [3.05, 3.63) is 36.1 Å². The van der Waals surface area contributed by atoms with E-state index in [0.717, 1.165) is 24.6 Å². The number of nitrogens with zero attached hydrogens (tertiary/aromatic N) is 3. The molecule has 0 radical (unpaired) electrons. The molecule has 9 nitrogen and oxygen atoms in total. The Morgan fingerprint density at radius 2 is 1.90 bits per heavy atom. The standard InChI is InChI=1S/C20H23N5O4/c21-20(28)23-22-12-14-6-3-9-24(14)18(26)15-7-4-10-25(15)19(27)17-11-13-5-1-2-8-16(13)29-17/h1-2,5,8,11-12,14-15H,3-4,6-7,9-10H2,(H3,21,23,28)/t14-,15-/m0/s1. The number of hydrazone groups is 1. The maximum Gasteiger partial charge on any atom is 0.332 e. The van der Waals surface area contributed by atoms with Gasteiger partial charge in [-0.25, -0.2) is 10.2 Å². The van der Waals surface area contributed by atoms with Crippen molar-refractivity contribution in [2.24, 2.45) is 10.8 Å². The van der Waals surface area contributed by atoms with Gasteiger partial charge in [-0.2, -0.15) is 5.10 Å². The van der Waals surface area contributed by atoms with Crippen molar-refractivity contribution < 1.29 is 18.8 Å². The number of carbonyl (C=O) groups excluding carboxylic acids is 3. The molecule has 0 aliphatic carbocycles. The van der Waals surface area contributed by atoms with Gasteiger partial charge in [0.2, 0.25) is 5.91 Å². The average Bonchev–Trinajstić information content (AvgIpc) is 3.44. The number of likely N-dealkylation sites (tertiary alicyclic amines) is 2. The van der Waals surface area contributed by atoms with Gasteiger partial charge in [0.05, 0.1) is 6.04 Å². The summed E-state index contributed by atoms with van der Waals surface area (Å²) in [6.45, 7) is 1.11. The SMILES string of the molecule is NC(=O)NN=C[C@@H]1CCCN1C(=O)[C@@H]1CCCN1C(=O)c1cc2ccccc2o1. The number of amides is 4. The van der Waals surface area contributed by atoms with Crippen LogP contribution in [0.15, 0.2) is 39.9 Å². The minimum atomic E-state index is -0.754. The van der Waals surface area contributed by atoms with Crippen LogP contribution in [0.25, 0.3) is 11.0 Å². The highest BCUT2D eigenvalue weighted by atomic mass is 16.3. The number of nitrogens with one attached hydrogen (secondary N) is 1. The van der Waals surface area contributed by atoms with Crippen molar-refractivity contribution in [1.29, 1.82) is 0 Å². The van der Waals surface area contributed by atoms with Gasteiger partial charge in [-0.3, -0.25) is 9.59 Å². The summed E-state index contributed by atoms with van der Waals surface area (Å²) in [5.41, 5.74) is 7.81. The molecule has 0 bridgehead atoms. The van der Waals surface area contributed by atoms with E-state index in [0.29, 0.717) is 25.1 Å². The summed E-state index contributed by atoms with van der Waals surface area (Å²) < 4.78 is 5.70. The van der Waals surface area contributed by atoms with E-state index in [9.17, 15) is 14.4 Å². The average molecular weight is 397 g/mol. The molecule has 3 heterocycles. The van der Waals surface area contributed by atoms with Crippen LogP contribution in [0.4, 0.5) is 4.79 Å². The molecule has 9 heteroatoms. The molecular weight excluding hydrogens is 374 g/mol. The lowest BCUT2D eigenvalue weighted by Gasteiger charge is -2.29. The molecule has 3 N–H and O–H groups in total. The number of nitrogens with two attached hydrogens (primary N) is 1. The third-order valence-electron chi connectivity index (χ3n) is 5.44. The van der Waals surface area contributed by atoms with Gasteiger partial charge in [0.25, 0.3) is 5.91 Å². The highest BCUT2D eigenvalue weighted by Crippen LogP contribution is 2.27. The highest BCUT2D eigenvalue weighted by Gasteiger charge is 2.40. The van der Waals surface area contributed by atoms with Crippen LogP contribution >= 0.6 is 0 Å². The molecule has 0 unspecified atom stereocenters. The minimum absolute atomic E-state index is 0.0972. The fourth-order valence-electron chi connectivity index (χ4n) is 4.09. The van der Waals surface area contributed by atoms with E-state index in [2.05, 4.69) is 10.5 Å². The number of hydrogen-bond donors (Lipinski definition) is 2. The van der Waals surface area contributed by atoms with Crippen LogP contribution in [-0.4, -0.2) is 59.0 Å². The van der Waals surface area contributed by atoms with Gasteiger partial charge >= 0.3 is 6.03 Å². The summed E-state index contributed by atoms with van der Waals surface area (Å²) in [5, 5.41) is 4.66. The number of benzene rings is 1. The van der Waals surface area contributed by atoms with E-state index in [1.165, 1.54) is 6.21 Å². The molecule has 2 aromatic rings. The number of primary amides is 1. The largest absolute Gasteiger partial charge is 0.451 e. The van der Waals surface area contributed by atoms with Crippen molar-refractivity contribution in [2.75, 3.05) is 13.1 Å². The number of rotatable bonds is 4. The molecule has 0 spiro atoms. The summed E-state index contributed by atoms with van der Waals surface area (Å²) in [5.74, 6) is -0.118. The lowest BCUT2D eigenvalue weighted by molar-refractivity contribution is -0.135. The highest BCUT2D eigenvalue weighted by molar-refractivity contribution is 5.99. The predicted octanol–water partition coefficient (Wildman–Crippen LogP) is 1.68. The zero-order valence-corrected chi connectivity index (χ0v) is 15.9. The van der Waals surface area contributed by atoms with Crippen molar-refractivity contribution in [1.82, 2.24) is 15.2 Å². The molecule has 2 atom stereocenters. The van der Waals surface area contributed by atoms with Crippen LogP contribution in [0.5, 0.6) is 0 Å². The van der Waals surface area contributed by atoms with Crippen LogP contribution in [0.3, 0.4) is 0 Å². The van der Waals surface area contributed by atoms with Crippen LogP contribution in [0.2, 0.25) is 0 Å². The topological polar surface area (TPSA) is 121 Å². The number of carbonyl (C=O) groups is 3. The summed E-state index contributed by atoms with van der Waals surface area (Å²) in [6, 6.07) is 7.66. The lowest BCUT2D eigenvalue weighted by Crippen LogP contribution is -2.49. The molecule has 29 heavy (non-hydrogen) atoms. The second-order valence-electron chi connectivity index (χ2n) is 7.30. The number of hydrogen-bond acceptors (Lipinski definition) is 5. The minimum Gasteiger partial charge on any atom is -0.451 e. The van der Waals surface area contributed by atoms with E-state index in [1.807, 2.05) is 24.3 Å². The van der Waals surface area contributed by atoms with Crippen molar-refractivity contribution >= 4 is 35.0 Å². The smallest absolute Gasteiger partial charge is 0.332 e. The third-order valence-corrected chi connectivity index (χ3v) is 5.44. The first-order chi connectivity index (χ1) is 14.0. The van der Waals surface area contributed by atoms with Gasteiger partial charge < -0.3 is 20.0 Å². The maximum atomic E-state index is 13.2. The molecule has 4 amide bonds.